The molecule has 2 aromatic carbocycles. The summed E-state index contributed by atoms with van der Waals surface area (Å²) in [6, 6.07) is 13.6. The lowest BCUT2D eigenvalue weighted by atomic mass is 9.96. The van der Waals surface area contributed by atoms with Gasteiger partial charge in [0.2, 0.25) is 5.91 Å². The van der Waals surface area contributed by atoms with Crippen LogP contribution in [-0.2, 0) is 4.79 Å². The third-order valence-corrected chi connectivity index (χ3v) is 8.27. The van der Waals surface area contributed by atoms with Crippen molar-refractivity contribution in [2.75, 3.05) is 34.4 Å². The molecule has 0 atom stereocenters. The molecule has 0 bridgehead atoms. The molecule has 1 amide bonds. The maximum atomic E-state index is 13.3. The molecule has 1 aliphatic rings. The SMILES string of the molecule is COc1cc(OC)c(OC)cc1/C=C(\C)C(=O)N1CCC(c2nc(-c3c(-c4ccccc4)noc3C)cs2)CC1. The fraction of sp³-hybridized carbons (Fsp3) is 0.323. The van der Waals surface area contributed by atoms with E-state index >= 15 is 0 Å². The molecule has 40 heavy (non-hydrogen) atoms. The summed E-state index contributed by atoms with van der Waals surface area (Å²) in [5.74, 6) is 2.84. The Morgan fingerprint density at radius 1 is 1.02 bits per heavy atom. The van der Waals surface area contributed by atoms with Gasteiger partial charge >= 0.3 is 0 Å². The molecule has 0 aliphatic carbocycles. The number of rotatable bonds is 8. The number of benzene rings is 2. The van der Waals surface area contributed by atoms with Gasteiger partial charge in [0.25, 0.3) is 0 Å². The zero-order valence-electron chi connectivity index (χ0n) is 23.4. The molecule has 0 saturated carbocycles. The molecule has 1 fully saturated rings. The second-order valence-corrected chi connectivity index (χ2v) is 10.6. The van der Waals surface area contributed by atoms with Gasteiger partial charge in [0.15, 0.2) is 11.5 Å². The molecule has 0 unspecified atom stereocenters. The van der Waals surface area contributed by atoms with Crippen molar-refractivity contribution < 1.29 is 23.5 Å². The maximum Gasteiger partial charge on any atom is 0.249 e. The molecule has 3 heterocycles. The van der Waals surface area contributed by atoms with E-state index in [1.807, 2.05) is 61.2 Å². The highest BCUT2D eigenvalue weighted by Gasteiger charge is 2.28. The van der Waals surface area contributed by atoms with Gasteiger partial charge in [0, 0.05) is 47.2 Å². The number of carbonyl (C=O) groups excluding carboxylic acids is 1. The summed E-state index contributed by atoms with van der Waals surface area (Å²) in [5.41, 5.74) is 5.03. The third kappa shape index (κ3) is 5.47. The van der Waals surface area contributed by atoms with Crippen molar-refractivity contribution in [3.05, 3.63) is 69.7 Å². The van der Waals surface area contributed by atoms with Crippen LogP contribution >= 0.6 is 11.3 Å². The van der Waals surface area contributed by atoms with Crippen LogP contribution in [0.25, 0.3) is 28.6 Å². The maximum absolute atomic E-state index is 13.3. The van der Waals surface area contributed by atoms with Crippen LogP contribution in [0.2, 0.25) is 0 Å². The molecule has 0 spiro atoms. The van der Waals surface area contributed by atoms with Gasteiger partial charge in [-0.05, 0) is 38.8 Å². The quantitative estimate of drug-likeness (QED) is 0.225. The largest absolute Gasteiger partial charge is 0.496 e. The summed E-state index contributed by atoms with van der Waals surface area (Å²) in [4.78, 5) is 20.2. The fourth-order valence-electron chi connectivity index (χ4n) is 5.10. The van der Waals surface area contributed by atoms with Crippen molar-refractivity contribution in [2.24, 2.45) is 0 Å². The predicted octanol–water partition coefficient (Wildman–Crippen LogP) is 6.61. The monoisotopic (exact) mass is 559 g/mol. The second kappa shape index (κ2) is 12.0. The van der Waals surface area contributed by atoms with E-state index in [1.54, 1.807) is 38.7 Å². The molecular formula is C31H33N3O5S. The lowest BCUT2D eigenvalue weighted by molar-refractivity contribution is -0.128. The number of hydrogen-bond acceptors (Lipinski definition) is 8. The van der Waals surface area contributed by atoms with Crippen LogP contribution in [0, 0.1) is 6.92 Å². The number of thiazole rings is 1. The molecule has 5 rings (SSSR count). The van der Waals surface area contributed by atoms with Gasteiger partial charge in [-0.15, -0.1) is 11.3 Å². The average molecular weight is 560 g/mol. The third-order valence-electron chi connectivity index (χ3n) is 7.26. The number of likely N-dealkylation sites (tertiary alicyclic amines) is 1. The first-order valence-electron chi connectivity index (χ1n) is 13.2. The van der Waals surface area contributed by atoms with Crippen molar-refractivity contribution in [1.29, 1.82) is 0 Å². The summed E-state index contributed by atoms with van der Waals surface area (Å²) < 4.78 is 21.9. The van der Waals surface area contributed by atoms with Crippen molar-refractivity contribution in [1.82, 2.24) is 15.0 Å². The van der Waals surface area contributed by atoms with Crippen LogP contribution in [-0.4, -0.2) is 55.4 Å². The molecule has 1 saturated heterocycles. The zero-order chi connectivity index (χ0) is 28.2. The van der Waals surface area contributed by atoms with E-state index in [0.29, 0.717) is 41.8 Å². The lowest BCUT2D eigenvalue weighted by Gasteiger charge is -2.31. The number of piperidine rings is 1. The zero-order valence-corrected chi connectivity index (χ0v) is 24.2. The van der Waals surface area contributed by atoms with Crippen molar-refractivity contribution in [3.8, 4) is 39.8 Å². The molecule has 8 nitrogen and oxygen atoms in total. The van der Waals surface area contributed by atoms with E-state index < -0.39 is 0 Å². The summed E-state index contributed by atoms with van der Waals surface area (Å²) >= 11 is 1.66. The number of hydrogen-bond donors (Lipinski definition) is 0. The van der Waals surface area contributed by atoms with Crippen LogP contribution in [0.3, 0.4) is 0 Å². The number of methoxy groups -OCH3 is 3. The van der Waals surface area contributed by atoms with Gasteiger partial charge in [0.1, 0.15) is 17.2 Å². The van der Waals surface area contributed by atoms with Crippen LogP contribution in [0.1, 0.15) is 42.0 Å². The van der Waals surface area contributed by atoms with Gasteiger partial charge in [-0.3, -0.25) is 4.79 Å². The lowest BCUT2D eigenvalue weighted by Crippen LogP contribution is -2.38. The minimum absolute atomic E-state index is 0.0164. The van der Waals surface area contributed by atoms with Crippen molar-refractivity contribution >= 4 is 23.3 Å². The van der Waals surface area contributed by atoms with E-state index in [-0.39, 0.29) is 5.91 Å². The molecule has 2 aromatic heterocycles. The minimum Gasteiger partial charge on any atom is -0.496 e. The highest BCUT2D eigenvalue weighted by molar-refractivity contribution is 7.10. The first-order valence-corrected chi connectivity index (χ1v) is 14.1. The smallest absolute Gasteiger partial charge is 0.249 e. The van der Waals surface area contributed by atoms with Gasteiger partial charge < -0.3 is 23.6 Å². The molecule has 208 valence electrons. The molecule has 4 aromatic rings. The van der Waals surface area contributed by atoms with E-state index in [1.165, 1.54) is 0 Å². The van der Waals surface area contributed by atoms with Crippen molar-refractivity contribution in [2.45, 2.75) is 32.6 Å². The minimum atomic E-state index is 0.0164. The normalized spacial score (nSPS) is 14.3. The van der Waals surface area contributed by atoms with Crippen LogP contribution in [0.5, 0.6) is 17.2 Å². The first-order chi connectivity index (χ1) is 19.4. The second-order valence-electron chi connectivity index (χ2n) is 9.74. The molecule has 9 heteroatoms. The van der Waals surface area contributed by atoms with Gasteiger partial charge in [0.05, 0.1) is 37.6 Å². The van der Waals surface area contributed by atoms with Gasteiger partial charge in [-0.25, -0.2) is 4.98 Å². The summed E-state index contributed by atoms with van der Waals surface area (Å²) in [5, 5.41) is 7.48. The molecule has 1 aliphatic heterocycles. The van der Waals surface area contributed by atoms with E-state index in [0.717, 1.165) is 51.7 Å². The van der Waals surface area contributed by atoms with Crippen LogP contribution in [0.15, 0.2) is 57.9 Å². The number of amides is 1. The van der Waals surface area contributed by atoms with Gasteiger partial charge in [-0.1, -0.05) is 35.5 Å². The summed E-state index contributed by atoms with van der Waals surface area (Å²) in [7, 11) is 4.76. The Kier molecular flexibility index (Phi) is 8.21. The average Bonchev–Trinajstić information content (AvgIpc) is 3.63. The summed E-state index contributed by atoms with van der Waals surface area (Å²) in [6.07, 6.45) is 3.56. The van der Waals surface area contributed by atoms with Crippen LogP contribution < -0.4 is 14.2 Å². The predicted molar refractivity (Wildman–Crippen MR) is 156 cm³/mol. The topological polar surface area (TPSA) is 86.9 Å². The Bertz CT molecular complexity index is 1520. The first kappa shape index (κ1) is 27.5. The van der Waals surface area contributed by atoms with Crippen molar-refractivity contribution in [3.63, 3.8) is 0 Å². The number of aryl methyl sites for hydroxylation is 1. The Labute approximate surface area is 238 Å². The molecule has 0 N–H and O–H groups in total. The Morgan fingerprint density at radius 3 is 2.38 bits per heavy atom. The fourth-order valence-corrected chi connectivity index (χ4v) is 6.08. The van der Waals surface area contributed by atoms with E-state index in [4.69, 9.17) is 23.7 Å². The highest BCUT2D eigenvalue weighted by Crippen LogP contribution is 2.39. The number of carbonyl (C=O) groups is 1. The Morgan fingerprint density at radius 2 is 1.70 bits per heavy atom. The number of ether oxygens (including phenoxy) is 3. The Balaban J connectivity index is 1.27. The number of aromatic nitrogens is 2. The Hall–Kier alpha value is -4.11. The van der Waals surface area contributed by atoms with E-state index in [2.05, 4.69) is 10.5 Å². The van der Waals surface area contributed by atoms with Crippen LogP contribution in [0.4, 0.5) is 0 Å². The number of nitrogens with zero attached hydrogens (tertiary/aromatic N) is 3. The standard InChI is InChI=1S/C31H33N3O5S/c1-19(15-23-16-26(37-4)27(38-5)17-25(23)36-3)31(35)34-13-11-22(12-14-34)30-32-24(18-40-30)28-20(2)39-33-29(28)21-9-7-6-8-10-21/h6-10,15-18,22H,11-14H2,1-5H3/b19-15+. The molecule has 0 radical (unpaired) electrons. The van der Waals surface area contributed by atoms with Gasteiger partial charge in [-0.2, -0.15) is 0 Å². The van der Waals surface area contributed by atoms with E-state index in [9.17, 15) is 4.79 Å². The highest BCUT2D eigenvalue weighted by atomic mass is 32.1. The summed E-state index contributed by atoms with van der Waals surface area (Å²) in [6.45, 7) is 5.11. The molecular weight excluding hydrogens is 526 g/mol.